The van der Waals surface area contributed by atoms with E-state index in [-0.39, 0.29) is 17.9 Å². The number of nitrogens with one attached hydrogen (secondary N) is 2. The zero-order valence-corrected chi connectivity index (χ0v) is 15.4. The summed E-state index contributed by atoms with van der Waals surface area (Å²) in [5, 5.41) is 5.73. The molecule has 0 spiro atoms. The van der Waals surface area contributed by atoms with E-state index in [1.165, 1.54) is 17.7 Å². The fourth-order valence-electron chi connectivity index (χ4n) is 2.82. The van der Waals surface area contributed by atoms with Gasteiger partial charge in [-0.1, -0.05) is 35.9 Å². The van der Waals surface area contributed by atoms with E-state index in [0.717, 1.165) is 11.3 Å². The summed E-state index contributed by atoms with van der Waals surface area (Å²) in [6, 6.07) is 17.7. The van der Waals surface area contributed by atoms with Crippen LogP contribution in [0.3, 0.4) is 0 Å². The molecule has 1 aromatic heterocycles. The largest absolute Gasteiger partial charge is 0.329 e. The standard InChI is InChI=1S/C22H22FN3O/c1-15-6-8-17(9-7-15)14-21(20-5-3-4-12-24-20)26-22(27)25-18-10-11-19(23)16(2)13-18/h3-13,21H,14H2,1-2H3,(H2,25,26,27). The Bertz CT molecular complexity index is 911. The summed E-state index contributed by atoms with van der Waals surface area (Å²) in [6.45, 7) is 3.70. The first-order valence-electron chi connectivity index (χ1n) is 8.81. The number of rotatable bonds is 5. The van der Waals surface area contributed by atoms with Crippen LogP contribution in [0.2, 0.25) is 0 Å². The maximum absolute atomic E-state index is 13.4. The molecule has 2 amide bonds. The Morgan fingerprint density at radius 3 is 2.52 bits per heavy atom. The molecule has 0 radical (unpaired) electrons. The molecule has 1 heterocycles. The van der Waals surface area contributed by atoms with Gasteiger partial charge in [0.05, 0.1) is 11.7 Å². The van der Waals surface area contributed by atoms with E-state index >= 15 is 0 Å². The molecule has 138 valence electrons. The summed E-state index contributed by atoms with van der Waals surface area (Å²) in [7, 11) is 0. The van der Waals surface area contributed by atoms with Crippen molar-refractivity contribution in [3.8, 4) is 0 Å². The van der Waals surface area contributed by atoms with Gasteiger partial charge in [0.15, 0.2) is 0 Å². The van der Waals surface area contributed by atoms with Crippen LogP contribution in [0.1, 0.15) is 28.4 Å². The molecule has 5 heteroatoms. The minimum Gasteiger partial charge on any atom is -0.329 e. The Balaban J connectivity index is 1.75. The van der Waals surface area contributed by atoms with Crippen LogP contribution in [0.25, 0.3) is 0 Å². The molecule has 1 unspecified atom stereocenters. The molecule has 1 atom stereocenters. The smallest absolute Gasteiger partial charge is 0.319 e. The Kier molecular flexibility index (Phi) is 5.81. The molecule has 0 fully saturated rings. The van der Waals surface area contributed by atoms with Crippen molar-refractivity contribution in [3.05, 3.63) is 95.1 Å². The molecule has 27 heavy (non-hydrogen) atoms. The molecule has 0 aliphatic heterocycles. The first-order valence-corrected chi connectivity index (χ1v) is 8.81. The minimum atomic E-state index is -0.358. The second-order valence-corrected chi connectivity index (χ2v) is 6.56. The van der Waals surface area contributed by atoms with Gasteiger partial charge in [-0.15, -0.1) is 0 Å². The van der Waals surface area contributed by atoms with Gasteiger partial charge in [-0.25, -0.2) is 9.18 Å². The quantitative estimate of drug-likeness (QED) is 0.674. The normalized spacial score (nSPS) is 11.7. The van der Waals surface area contributed by atoms with E-state index < -0.39 is 0 Å². The fraction of sp³-hybridized carbons (Fsp3) is 0.182. The van der Waals surface area contributed by atoms with Crippen LogP contribution in [0.15, 0.2) is 66.9 Å². The molecule has 2 aromatic carbocycles. The maximum Gasteiger partial charge on any atom is 0.319 e. The maximum atomic E-state index is 13.4. The highest BCUT2D eigenvalue weighted by molar-refractivity contribution is 5.89. The summed E-state index contributed by atoms with van der Waals surface area (Å²) >= 11 is 0. The third kappa shape index (κ3) is 5.14. The number of benzene rings is 2. The summed E-state index contributed by atoms with van der Waals surface area (Å²) in [4.78, 5) is 16.9. The lowest BCUT2D eigenvalue weighted by molar-refractivity contribution is 0.248. The molecule has 0 bridgehead atoms. The van der Waals surface area contributed by atoms with Gasteiger partial charge in [-0.3, -0.25) is 4.98 Å². The van der Waals surface area contributed by atoms with Gasteiger partial charge >= 0.3 is 6.03 Å². The zero-order chi connectivity index (χ0) is 19.2. The van der Waals surface area contributed by atoms with Crippen LogP contribution in [0.4, 0.5) is 14.9 Å². The van der Waals surface area contributed by atoms with Gasteiger partial charge in [-0.2, -0.15) is 0 Å². The highest BCUT2D eigenvalue weighted by Crippen LogP contribution is 2.18. The molecule has 0 aliphatic rings. The first kappa shape index (κ1) is 18.6. The number of hydrogen-bond donors (Lipinski definition) is 2. The first-order chi connectivity index (χ1) is 13.0. The molecule has 0 aliphatic carbocycles. The SMILES string of the molecule is Cc1ccc(CC(NC(=O)Nc2ccc(F)c(C)c2)c2ccccn2)cc1. The third-order valence-corrected chi connectivity index (χ3v) is 4.33. The average molecular weight is 363 g/mol. The lowest BCUT2D eigenvalue weighted by atomic mass is 10.0. The van der Waals surface area contributed by atoms with Gasteiger partial charge in [0.1, 0.15) is 5.82 Å². The van der Waals surface area contributed by atoms with E-state index in [1.807, 2.05) is 49.4 Å². The van der Waals surface area contributed by atoms with E-state index in [4.69, 9.17) is 0 Å². The van der Waals surface area contributed by atoms with Crippen molar-refractivity contribution in [1.29, 1.82) is 0 Å². The van der Waals surface area contributed by atoms with Crippen molar-refractivity contribution in [2.75, 3.05) is 5.32 Å². The zero-order valence-electron chi connectivity index (χ0n) is 15.4. The summed E-state index contributed by atoms with van der Waals surface area (Å²) in [5.41, 5.74) is 4.10. The van der Waals surface area contributed by atoms with Crippen LogP contribution in [-0.2, 0) is 6.42 Å². The van der Waals surface area contributed by atoms with Crippen molar-refractivity contribution >= 4 is 11.7 Å². The predicted molar refractivity (Wildman–Crippen MR) is 105 cm³/mol. The van der Waals surface area contributed by atoms with Crippen LogP contribution in [0, 0.1) is 19.7 Å². The molecule has 0 saturated carbocycles. The Labute approximate surface area is 158 Å². The van der Waals surface area contributed by atoms with Crippen molar-refractivity contribution in [1.82, 2.24) is 10.3 Å². The van der Waals surface area contributed by atoms with Crippen molar-refractivity contribution in [2.45, 2.75) is 26.3 Å². The Hall–Kier alpha value is -3.21. The topological polar surface area (TPSA) is 54.0 Å². The number of pyridine rings is 1. The lowest BCUT2D eigenvalue weighted by Gasteiger charge is -2.19. The number of aromatic nitrogens is 1. The molecular formula is C22H22FN3O. The average Bonchev–Trinajstić information content (AvgIpc) is 2.66. The number of anilines is 1. The van der Waals surface area contributed by atoms with Gasteiger partial charge in [0.25, 0.3) is 0 Å². The summed E-state index contributed by atoms with van der Waals surface area (Å²) < 4.78 is 13.4. The van der Waals surface area contributed by atoms with Gasteiger partial charge < -0.3 is 10.6 Å². The number of carbonyl (C=O) groups is 1. The predicted octanol–water partition coefficient (Wildman–Crippen LogP) is 4.94. The highest BCUT2D eigenvalue weighted by atomic mass is 19.1. The Morgan fingerprint density at radius 2 is 1.85 bits per heavy atom. The number of hydrogen-bond acceptors (Lipinski definition) is 2. The molecular weight excluding hydrogens is 341 g/mol. The van der Waals surface area contributed by atoms with Crippen LogP contribution >= 0.6 is 0 Å². The van der Waals surface area contributed by atoms with Crippen molar-refractivity contribution < 1.29 is 9.18 Å². The lowest BCUT2D eigenvalue weighted by Crippen LogP contribution is -2.34. The molecule has 2 N–H and O–H groups in total. The van der Waals surface area contributed by atoms with Crippen LogP contribution < -0.4 is 10.6 Å². The van der Waals surface area contributed by atoms with Crippen LogP contribution in [-0.4, -0.2) is 11.0 Å². The summed E-state index contributed by atoms with van der Waals surface area (Å²) in [5.74, 6) is -0.299. The van der Waals surface area contributed by atoms with E-state index in [2.05, 4.69) is 15.6 Å². The number of aryl methyl sites for hydroxylation is 2. The fourth-order valence-corrected chi connectivity index (χ4v) is 2.82. The molecule has 3 rings (SSSR count). The van der Waals surface area contributed by atoms with Crippen LogP contribution in [0.5, 0.6) is 0 Å². The molecule has 0 saturated heterocycles. The highest BCUT2D eigenvalue weighted by Gasteiger charge is 2.17. The molecule has 4 nitrogen and oxygen atoms in total. The van der Waals surface area contributed by atoms with Gasteiger partial charge in [0.2, 0.25) is 0 Å². The number of nitrogens with zero attached hydrogens (tertiary/aromatic N) is 1. The Morgan fingerprint density at radius 1 is 1.07 bits per heavy atom. The second-order valence-electron chi connectivity index (χ2n) is 6.56. The molecule has 3 aromatic rings. The number of amides is 2. The monoisotopic (exact) mass is 363 g/mol. The summed E-state index contributed by atoms with van der Waals surface area (Å²) in [6.07, 6.45) is 2.33. The minimum absolute atomic E-state index is 0.282. The number of urea groups is 1. The number of carbonyl (C=O) groups excluding carboxylic acids is 1. The van der Waals surface area contributed by atoms with E-state index in [1.54, 1.807) is 19.2 Å². The van der Waals surface area contributed by atoms with E-state index in [0.29, 0.717) is 17.7 Å². The van der Waals surface area contributed by atoms with Gasteiger partial charge in [0, 0.05) is 11.9 Å². The van der Waals surface area contributed by atoms with Crippen molar-refractivity contribution in [2.24, 2.45) is 0 Å². The number of halogens is 1. The third-order valence-electron chi connectivity index (χ3n) is 4.33. The van der Waals surface area contributed by atoms with E-state index in [9.17, 15) is 9.18 Å². The van der Waals surface area contributed by atoms with Gasteiger partial charge in [-0.05, 0) is 61.7 Å². The second kappa shape index (κ2) is 8.45. The van der Waals surface area contributed by atoms with Crippen molar-refractivity contribution in [3.63, 3.8) is 0 Å².